The Kier molecular flexibility index (Phi) is 5.33. The smallest absolute Gasteiger partial charge is 0.318 e. The second kappa shape index (κ2) is 7.83. The van der Waals surface area contributed by atoms with Gasteiger partial charge in [-0.1, -0.05) is 54.6 Å². The van der Waals surface area contributed by atoms with Crippen molar-refractivity contribution in [3.63, 3.8) is 0 Å². The first kappa shape index (κ1) is 17.0. The van der Waals surface area contributed by atoms with E-state index in [1.165, 1.54) is 5.56 Å². The van der Waals surface area contributed by atoms with Crippen LogP contribution in [-0.4, -0.2) is 35.1 Å². The van der Waals surface area contributed by atoms with Gasteiger partial charge < -0.3 is 15.3 Å². The number of hydrogen-bond donors (Lipinski definition) is 2. The van der Waals surface area contributed by atoms with E-state index in [0.29, 0.717) is 19.5 Å². The highest BCUT2D eigenvalue weighted by atomic mass is 16.4. The monoisotopic (exact) mass is 338 g/mol. The molecule has 0 aliphatic carbocycles. The molecule has 2 aromatic rings. The molecule has 25 heavy (non-hydrogen) atoms. The van der Waals surface area contributed by atoms with Crippen LogP contribution in [-0.2, 0) is 11.2 Å². The summed E-state index contributed by atoms with van der Waals surface area (Å²) in [5.74, 6) is -0.844. The van der Waals surface area contributed by atoms with Crippen molar-refractivity contribution in [2.24, 2.45) is 0 Å². The third-order valence-electron chi connectivity index (χ3n) is 4.50. The van der Waals surface area contributed by atoms with Crippen LogP contribution >= 0.6 is 0 Å². The molecule has 1 heterocycles. The number of carboxylic acid groups (broad SMARTS) is 1. The first-order valence-electron chi connectivity index (χ1n) is 8.56. The number of benzene rings is 2. The maximum Gasteiger partial charge on any atom is 0.318 e. The van der Waals surface area contributed by atoms with Crippen molar-refractivity contribution in [1.29, 1.82) is 0 Å². The molecule has 5 nitrogen and oxygen atoms in total. The minimum Gasteiger partial charge on any atom is -0.481 e. The Labute approximate surface area is 147 Å². The Morgan fingerprint density at radius 2 is 1.80 bits per heavy atom. The van der Waals surface area contributed by atoms with E-state index in [-0.39, 0.29) is 18.5 Å². The van der Waals surface area contributed by atoms with Crippen molar-refractivity contribution in [2.75, 3.05) is 13.1 Å². The van der Waals surface area contributed by atoms with Gasteiger partial charge in [0, 0.05) is 19.5 Å². The SMILES string of the molecule is O=C(O)CCCNC(=O)N1CCc2ccccc2[C@@H]1c1ccccc1. The van der Waals surface area contributed by atoms with E-state index in [0.717, 1.165) is 17.5 Å². The van der Waals surface area contributed by atoms with Gasteiger partial charge >= 0.3 is 12.0 Å². The Hall–Kier alpha value is -2.82. The lowest BCUT2D eigenvalue weighted by Crippen LogP contribution is -2.46. The van der Waals surface area contributed by atoms with Gasteiger partial charge in [0.05, 0.1) is 6.04 Å². The van der Waals surface area contributed by atoms with Crippen LogP contribution in [0, 0.1) is 0 Å². The van der Waals surface area contributed by atoms with Crippen LogP contribution in [0.15, 0.2) is 54.6 Å². The van der Waals surface area contributed by atoms with Crippen molar-refractivity contribution in [3.8, 4) is 0 Å². The Morgan fingerprint density at radius 1 is 1.08 bits per heavy atom. The molecule has 0 unspecified atom stereocenters. The van der Waals surface area contributed by atoms with E-state index >= 15 is 0 Å². The Bertz CT molecular complexity index is 746. The standard InChI is InChI=1S/C20H22N2O3/c23-18(24)11-6-13-21-20(25)22-14-12-15-7-4-5-10-17(15)19(22)16-8-2-1-3-9-16/h1-5,7-10,19H,6,11-14H2,(H,21,25)(H,23,24)/t19-/m0/s1. The lowest BCUT2D eigenvalue weighted by molar-refractivity contribution is -0.137. The molecule has 5 heteroatoms. The Morgan fingerprint density at radius 3 is 2.56 bits per heavy atom. The van der Waals surface area contributed by atoms with Gasteiger partial charge in [0.2, 0.25) is 0 Å². The summed E-state index contributed by atoms with van der Waals surface area (Å²) >= 11 is 0. The lowest BCUT2D eigenvalue weighted by Gasteiger charge is -2.37. The molecule has 2 N–H and O–H groups in total. The van der Waals surface area contributed by atoms with Crippen molar-refractivity contribution in [1.82, 2.24) is 10.2 Å². The topological polar surface area (TPSA) is 69.6 Å². The quantitative estimate of drug-likeness (QED) is 0.823. The number of hydrogen-bond acceptors (Lipinski definition) is 2. The maximum absolute atomic E-state index is 12.7. The number of amides is 2. The van der Waals surface area contributed by atoms with Crippen molar-refractivity contribution < 1.29 is 14.7 Å². The molecule has 0 bridgehead atoms. The number of nitrogens with one attached hydrogen (secondary N) is 1. The average Bonchev–Trinajstić information content (AvgIpc) is 2.64. The number of nitrogens with zero attached hydrogens (tertiary/aromatic N) is 1. The summed E-state index contributed by atoms with van der Waals surface area (Å²) in [6.45, 7) is 1.01. The molecular formula is C20H22N2O3. The highest BCUT2D eigenvalue weighted by Gasteiger charge is 2.31. The zero-order valence-corrected chi connectivity index (χ0v) is 14.0. The predicted octanol–water partition coefficient (Wildman–Crippen LogP) is 3.21. The second-order valence-corrected chi connectivity index (χ2v) is 6.18. The second-order valence-electron chi connectivity index (χ2n) is 6.18. The van der Waals surface area contributed by atoms with Crippen molar-refractivity contribution in [2.45, 2.75) is 25.3 Å². The summed E-state index contributed by atoms with van der Waals surface area (Å²) in [5, 5.41) is 11.6. The van der Waals surface area contributed by atoms with Crippen LogP contribution in [0.3, 0.4) is 0 Å². The maximum atomic E-state index is 12.7. The van der Waals surface area contributed by atoms with E-state index in [9.17, 15) is 9.59 Å². The summed E-state index contributed by atoms with van der Waals surface area (Å²) in [4.78, 5) is 25.1. The zero-order chi connectivity index (χ0) is 17.6. The zero-order valence-electron chi connectivity index (χ0n) is 14.0. The molecule has 1 aliphatic heterocycles. The summed E-state index contributed by atoms with van der Waals surface area (Å²) in [6.07, 6.45) is 1.31. The van der Waals surface area contributed by atoms with Crippen LogP contribution in [0.25, 0.3) is 0 Å². The largest absolute Gasteiger partial charge is 0.481 e. The molecule has 0 aromatic heterocycles. The first-order valence-corrected chi connectivity index (χ1v) is 8.56. The van der Waals surface area contributed by atoms with Crippen molar-refractivity contribution >= 4 is 12.0 Å². The molecule has 0 radical (unpaired) electrons. The molecular weight excluding hydrogens is 316 g/mol. The number of rotatable bonds is 5. The fraction of sp³-hybridized carbons (Fsp3) is 0.300. The van der Waals surface area contributed by atoms with E-state index in [2.05, 4.69) is 17.4 Å². The fourth-order valence-corrected chi connectivity index (χ4v) is 3.32. The number of carbonyl (C=O) groups is 2. The molecule has 1 aliphatic rings. The van der Waals surface area contributed by atoms with Gasteiger partial charge in [0.25, 0.3) is 0 Å². The predicted molar refractivity (Wildman–Crippen MR) is 95.4 cm³/mol. The van der Waals surface area contributed by atoms with E-state index in [4.69, 9.17) is 5.11 Å². The van der Waals surface area contributed by atoms with Gasteiger partial charge in [0.1, 0.15) is 0 Å². The molecule has 1 atom stereocenters. The van der Waals surface area contributed by atoms with Crippen LogP contribution in [0.4, 0.5) is 4.79 Å². The van der Waals surface area contributed by atoms with Gasteiger partial charge in [-0.2, -0.15) is 0 Å². The lowest BCUT2D eigenvalue weighted by atomic mass is 9.88. The summed E-state index contributed by atoms with van der Waals surface area (Å²) < 4.78 is 0. The Balaban J connectivity index is 1.80. The highest BCUT2D eigenvalue weighted by molar-refractivity contribution is 5.76. The van der Waals surface area contributed by atoms with Gasteiger partial charge in [-0.15, -0.1) is 0 Å². The van der Waals surface area contributed by atoms with Crippen LogP contribution in [0.5, 0.6) is 0 Å². The molecule has 2 amide bonds. The minimum absolute atomic E-state index is 0.0607. The molecule has 2 aromatic carbocycles. The van der Waals surface area contributed by atoms with E-state index < -0.39 is 5.97 Å². The molecule has 0 saturated carbocycles. The van der Waals surface area contributed by atoms with Crippen LogP contribution in [0.1, 0.15) is 35.6 Å². The number of urea groups is 1. The molecule has 0 spiro atoms. The summed E-state index contributed by atoms with van der Waals surface area (Å²) in [7, 11) is 0. The van der Waals surface area contributed by atoms with Gasteiger partial charge in [-0.25, -0.2) is 4.79 Å². The molecule has 0 fully saturated rings. The van der Waals surface area contributed by atoms with Gasteiger partial charge in [-0.05, 0) is 29.5 Å². The number of carboxylic acids is 1. The normalized spacial score (nSPS) is 16.2. The fourth-order valence-electron chi connectivity index (χ4n) is 3.32. The molecule has 3 rings (SSSR count). The van der Waals surface area contributed by atoms with E-state index in [1.807, 2.05) is 47.4 Å². The van der Waals surface area contributed by atoms with Crippen molar-refractivity contribution in [3.05, 3.63) is 71.3 Å². The van der Waals surface area contributed by atoms with Gasteiger partial charge in [-0.3, -0.25) is 4.79 Å². The van der Waals surface area contributed by atoms with Gasteiger partial charge in [0.15, 0.2) is 0 Å². The third-order valence-corrected chi connectivity index (χ3v) is 4.50. The number of aliphatic carboxylic acids is 1. The number of fused-ring (bicyclic) bond motifs is 1. The number of carbonyl (C=O) groups excluding carboxylic acids is 1. The first-order chi connectivity index (χ1) is 12.2. The highest BCUT2D eigenvalue weighted by Crippen LogP contribution is 2.34. The van der Waals surface area contributed by atoms with Crippen LogP contribution in [0.2, 0.25) is 0 Å². The summed E-state index contributed by atoms with van der Waals surface area (Å²) in [5.41, 5.74) is 3.50. The minimum atomic E-state index is -0.844. The molecule has 0 saturated heterocycles. The molecule has 130 valence electrons. The average molecular weight is 338 g/mol. The van der Waals surface area contributed by atoms with E-state index in [1.54, 1.807) is 0 Å². The summed E-state index contributed by atoms with van der Waals surface area (Å²) in [6, 6.07) is 18.0. The van der Waals surface area contributed by atoms with Crippen LogP contribution < -0.4 is 5.32 Å². The third kappa shape index (κ3) is 3.99.